The van der Waals surface area contributed by atoms with E-state index in [0.717, 1.165) is 25.9 Å². The van der Waals surface area contributed by atoms with E-state index in [4.69, 9.17) is 14.9 Å². The third-order valence-corrected chi connectivity index (χ3v) is 2.73. The number of hydrogen-bond acceptors (Lipinski definition) is 4. The van der Waals surface area contributed by atoms with Crippen LogP contribution in [0.3, 0.4) is 0 Å². The van der Waals surface area contributed by atoms with Crippen LogP contribution in [0.15, 0.2) is 0 Å². The first kappa shape index (κ1) is 11.9. The van der Waals surface area contributed by atoms with Crippen LogP contribution in [0.25, 0.3) is 0 Å². The van der Waals surface area contributed by atoms with Gasteiger partial charge < -0.3 is 20.3 Å². The van der Waals surface area contributed by atoms with Crippen LogP contribution in [0, 0.1) is 0 Å². The van der Waals surface area contributed by atoms with Crippen LogP contribution in [0.1, 0.15) is 26.2 Å². The van der Waals surface area contributed by atoms with Gasteiger partial charge in [-0.25, -0.2) is 0 Å². The number of hydrogen-bond donors (Lipinski definition) is 3. The summed E-state index contributed by atoms with van der Waals surface area (Å²) in [6, 6.07) is 0.189. The fourth-order valence-corrected chi connectivity index (χ4v) is 1.81. The highest BCUT2D eigenvalue weighted by atomic mass is 16.5. The molecule has 1 saturated heterocycles. The van der Waals surface area contributed by atoms with Crippen molar-refractivity contribution in [3.8, 4) is 0 Å². The van der Waals surface area contributed by atoms with Crippen LogP contribution in [0.4, 0.5) is 0 Å². The van der Waals surface area contributed by atoms with Crippen molar-refractivity contribution in [2.45, 2.75) is 44.4 Å². The maximum Gasteiger partial charge on any atom is 0.0607 e. The summed E-state index contributed by atoms with van der Waals surface area (Å²) in [5.41, 5.74) is 0. The Morgan fingerprint density at radius 3 is 2.71 bits per heavy atom. The molecule has 0 aliphatic carbocycles. The second kappa shape index (κ2) is 6.35. The molecular formula is C10H21NO3. The minimum atomic E-state index is -0.185. The molecule has 2 atom stereocenters. The molecule has 84 valence electrons. The molecule has 3 N–H and O–H groups in total. The van der Waals surface area contributed by atoms with Crippen LogP contribution in [0.5, 0.6) is 0 Å². The Hall–Kier alpha value is -0.160. The van der Waals surface area contributed by atoms with E-state index in [2.05, 4.69) is 12.2 Å². The van der Waals surface area contributed by atoms with E-state index >= 15 is 0 Å². The van der Waals surface area contributed by atoms with E-state index in [1.165, 1.54) is 0 Å². The van der Waals surface area contributed by atoms with Crippen LogP contribution >= 0.6 is 0 Å². The first-order valence-electron chi connectivity index (χ1n) is 5.39. The summed E-state index contributed by atoms with van der Waals surface area (Å²) in [6.07, 6.45) is 3.31. The molecule has 0 saturated carbocycles. The first-order valence-corrected chi connectivity index (χ1v) is 5.39. The van der Waals surface area contributed by atoms with Gasteiger partial charge in [-0.1, -0.05) is 6.92 Å². The third kappa shape index (κ3) is 3.53. The zero-order valence-electron chi connectivity index (χ0n) is 8.78. The molecule has 0 aromatic rings. The lowest BCUT2D eigenvalue weighted by atomic mass is 10.0. The molecular weight excluding hydrogens is 182 g/mol. The average Bonchev–Trinajstić information content (AvgIpc) is 2.26. The van der Waals surface area contributed by atoms with Gasteiger partial charge >= 0.3 is 0 Å². The van der Waals surface area contributed by atoms with Gasteiger partial charge in [-0.15, -0.1) is 0 Å². The van der Waals surface area contributed by atoms with Gasteiger partial charge in [0, 0.05) is 12.6 Å². The molecule has 14 heavy (non-hydrogen) atoms. The summed E-state index contributed by atoms with van der Waals surface area (Å²) in [4.78, 5) is 0. The molecule has 1 aliphatic rings. The minimum absolute atomic E-state index is 0.00928. The van der Waals surface area contributed by atoms with Crippen molar-refractivity contribution in [3.63, 3.8) is 0 Å². The lowest BCUT2D eigenvalue weighted by Gasteiger charge is -2.31. The predicted octanol–water partition coefficient (Wildman–Crippen LogP) is -0.113. The molecule has 1 fully saturated rings. The van der Waals surface area contributed by atoms with Crippen LogP contribution in [-0.2, 0) is 4.74 Å². The third-order valence-electron chi connectivity index (χ3n) is 2.73. The van der Waals surface area contributed by atoms with E-state index in [1.54, 1.807) is 0 Å². The zero-order chi connectivity index (χ0) is 10.4. The molecule has 4 heteroatoms. The van der Waals surface area contributed by atoms with Crippen molar-refractivity contribution in [2.75, 3.05) is 19.8 Å². The van der Waals surface area contributed by atoms with Gasteiger partial charge in [-0.3, -0.25) is 0 Å². The maximum atomic E-state index is 8.93. The topological polar surface area (TPSA) is 61.7 Å². The van der Waals surface area contributed by atoms with Crippen LogP contribution in [0.2, 0.25) is 0 Å². The number of aliphatic hydroxyl groups is 2. The van der Waals surface area contributed by atoms with Gasteiger partial charge in [0.1, 0.15) is 0 Å². The van der Waals surface area contributed by atoms with E-state index in [9.17, 15) is 0 Å². The highest BCUT2D eigenvalue weighted by molar-refractivity contribution is 4.79. The second-order valence-corrected chi connectivity index (χ2v) is 3.85. The zero-order valence-corrected chi connectivity index (χ0v) is 8.78. The van der Waals surface area contributed by atoms with E-state index in [0.29, 0.717) is 12.1 Å². The van der Waals surface area contributed by atoms with Crippen molar-refractivity contribution in [3.05, 3.63) is 0 Å². The molecule has 0 amide bonds. The Kier molecular flexibility index (Phi) is 5.40. The normalized spacial score (nSPS) is 28.3. The molecule has 0 aromatic carbocycles. The summed E-state index contributed by atoms with van der Waals surface area (Å²) in [5.74, 6) is 0. The summed E-state index contributed by atoms with van der Waals surface area (Å²) in [6.45, 7) is 2.87. The van der Waals surface area contributed by atoms with Crippen LogP contribution < -0.4 is 5.32 Å². The van der Waals surface area contributed by atoms with Gasteiger partial charge in [0.25, 0.3) is 0 Å². The first-order chi connectivity index (χ1) is 6.80. The molecule has 0 bridgehead atoms. The maximum absolute atomic E-state index is 8.93. The summed E-state index contributed by atoms with van der Waals surface area (Å²) in [7, 11) is 0. The fourth-order valence-electron chi connectivity index (χ4n) is 1.81. The molecule has 0 radical (unpaired) electrons. The van der Waals surface area contributed by atoms with Crippen molar-refractivity contribution in [2.24, 2.45) is 0 Å². The van der Waals surface area contributed by atoms with Crippen molar-refractivity contribution in [1.82, 2.24) is 5.32 Å². The van der Waals surface area contributed by atoms with Gasteiger partial charge in [-0.2, -0.15) is 0 Å². The van der Waals surface area contributed by atoms with Gasteiger partial charge in [0.15, 0.2) is 0 Å². The lowest BCUT2D eigenvalue weighted by molar-refractivity contribution is -0.00505. The van der Waals surface area contributed by atoms with Crippen molar-refractivity contribution < 1.29 is 14.9 Å². The van der Waals surface area contributed by atoms with E-state index in [1.807, 2.05) is 0 Å². The van der Waals surface area contributed by atoms with E-state index < -0.39 is 0 Å². The Bertz CT molecular complexity index is 150. The molecule has 1 rings (SSSR count). The number of aliphatic hydroxyl groups excluding tert-OH is 2. The summed E-state index contributed by atoms with van der Waals surface area (Å²) < 4.78 is 5.54. The largest absolute Gasteiger partial charge is 0.395 e. The van der Waals surface area contributed by atoms with Gasteiger partial charge in [0.2, 0.25) is 0 Å². The molecule has 0 spiro atoms. The molecule has 1 aliphatic heterocycles. The lowest BCUT2D eigenvalue weighted by Crippen LogP contribution is -2.47. The summed E-state index contributed by atoms with van der Waals surface area (Å²) in [5, 5.41) is 21.1. The highest BCUT2D eigenvalue weighted by Crippen LogP contribution is 2.16. The SMILES string of the molecule is CCC1CC(NC(CO)CO)CCO1. The monoisotopic (exact) mass is 203 g/mol. The minimum Gasteiger partial charge on any atom is -0.395 e. The average molecular weight is 203 g/mol. The Morgan fingerprint density at radius 2 is 2.14 bits per heavy atom. The molecule has 0 aromatic heterocycles. The molecule has 2 unspecified atom stereocenters. The Labute approximate surface area is 85.3 Å². The van der Waals surface area contributed by atoms with Crippen molar-refractivity contribution in [1.29, 1.82) is 0 Å². The predicted molar refractivity (Wildman–Crippen MR) is 54.1 cm³/mol. The summed E-state index contributed by atoms with van der Waals surface area (Å²) >= 11 is 0. The van der Waals surface area contributed by atoms with Crippen LogP contribution in [-0.4, -0.2) is 48.2 Å². The van der Waals surface area contributed by atoms with Gasteiger partial charge in [-0.05, 0) is 19.3 Å². The molecule has 1 heterocycles. The quantitative estimate of drug-likeness (QED) is 0.583. The van der Waals surface area contributed by atoms with Gasteiger partial charge in [0.05, 0.1) is 25.4 Å². The number of nitrogens with one attached hydrogen (secondary N) is 1. The number of rotatable bonds is 5. The fraction of sp³-hybridized carbons (Fsp3) is 1.00. The highest BCUT2D eigenvalue weighted by Gasteiger charge is 2.22. The van der Waals surface area contributed by atoms with E-state index in [-0.39, 0.29) is 19.3 Å². The Balaban J connectivity index is 2.29. The Morgan fingerprint density at radius 1 is 1.43 bits per heavy atom. The standard InChI is InChI=1S/C10H21NO3/c1-2-10-5-8(3-4-14-10)11-9(6-12)7-13/h8-13H,2-7H2,1H3. The smallest absolute Gasteiger partial charge is 0.0607 e. The molecule has 4 nitrogen and oxygen atoms in total. The number of ether oxygens (including phenoxy) is 1. The van der Waals surface area contributed by atoms with Crippen molar-refractivity contribution >= 4 is 0 Å². The second-order valence-electron chi connectivity index (χ2n) is 3.85.